The van der Waals surface area contributed by atoms with Gasteiger partial charge in [0.15, 0.2) is 0 Å². The van der Waals surface area contributed by atoms with Gasteiger partial charge >= 0.3 is 0 Å². The summed E-state index contributed by atoms with van der Waals surface area (Å²) in [4.78, 5) is 2.30. The Balaban J connectivity index is 2.14. The topological polar surface area (TPSA) is 12.5 Å². The first-order valence-electron chi connectivity index (χ1n) is 5.56. The Labute approximate surface area is 91.9 Å². The highest BCUT2D eigenvalue weighted by molar-refractivity contribution is 5.32. The maximum Gasteiger partial charge on any atom is 0.117 e. The van der Waals surface area contributed by atoms with Gasteiger partial charge in [0.05, 0.1) is 12.1 Å². The van der Waals surface area contributed by atoms with Gasteiger partial charge in [-0.15, -0.1) is 0 Å². The minimum absolute atomic E-state index is 0.248. The van der Waals surface area contributed by atoms with Gasteiger partial charge in [0.2, 0.25) is 0 Å². The van der Waals surface area contributed by atoms with Gasteiger partial charge in [-0.1, -0.05) is 12.2 Å². The Morgan fingerprint density at radius 1 is 1.33 bits per heavy atom. The van der Waals surface area contributed by atoms with Gasteiger partial charge < -0.3 is 9.64 Å². The minimum atomic E-state index is 0.248. The predicted molar refractivity (Wildman–Crippen MR) is 62.2 cm³/mol. The standard InChI is InChI=1S/C13H19NO/c1-9(2)15-12-6-5-11-7-10(3)14(4)13(11)8-12/h5-9,11,13H,1-4H3. The Morgan fingerprint density at radius 2 is 2.07 bits per heavy atom. The number of ether oxygens (including phenoxy) is 1. The Kier molecular flexibility index (Phi) is 2.59. The van der Waals surface area contributed by atoms with Crippen LogP contribution in [-0.4, -0.2) is 24.1 Å². The average Bonchev–Trinajstić information content (AvgIpc) is 2.43. The van der Waals surface area contributed by atoms with Gasteiger partial charge in [0, 0.05) is 18.7 Å². The lowest BCUT2D eigenvalue weighted by atomic mass is 9.96. The van der Waals surface area contributed by atoms with Crippen molar-refractivity contribution in [3.63, 3.8) is 0 Å². The molecule has 0 saturated heterocycles. The van der Waals surface area contributed by atoms with Crippen molar-refractivity contribution in [1.82, 2.24) is 4.90 Å². The van der Waals surface area contributed by atoms with Crippen molar-refractivity contribution in [3.05, 3.63) is 35.8 Å². The summed E-state index contributed by atoms with van der Waals surface area (Å²) in [5.74, 6) is 1.52. The molecule has 0 bridgehead atoms. The summed E-state index contributed by atoms with van der Waals surface area (Å²) >= 11 is 0. The molecule has 2 heteroatoms. The van der Waals surface area contributed by atoms with E-state index in [1.54, 1.807) is 0 Å². The van der Waals surface area contributed by atoms with Gasteiger partial charge in [0.1, 0.15) is 5.76 Å². The zero-order valence-electron chi connectivity index (χ0n) is 9.90. The van der Waals surface area contributed by atoms with Gasteiger partial charge in [-0.25, -0.2) is 0 Å². The van der Waals surface area contributed by atoms with Gasteiger partial charge in [-0.05, 0) is 32.9 Å². The average molecular weight is 205 g/mol. The van der Waals surface area contributed by atoms with Crippen molar-refractivity contribution < 1.29 is 4.74 Å². The molecule has 2 atom stereocenters. The largest absolute Gasteiger partial charge is 0.491 e. The number of hydrogen-bond acceptors (Lipinski definition) is 2. The molecule has 82 valence electrons. The van der Waals surface area contributed by atoms with Crippen LogP contribution in [0.1, 0.15) is 20.8 Å². The Bertz CT molecular complexity index is 338. The number of hydrogen-bond donors (Lipinski definition) is 0. The molecule has 2 nitrogen and oxygen atoms in total. The third-order valence-electron chi connectivity index (χ3n) is 3.02. The summed E-state index contributed by atoms with van der Waals surface area (Å²) in [6.45, 7) is 6.27. The molecule has 0 fully saturated rings. The van der Waals surface area contributed by atoms with Crippen LogP contribution in [-0.2, 0) is 4.74 Å². The molecule has 0 aromatic rings. The van der Waals surface area contributed by atoms with Crippen molar-refractivity contribution in [3.8, 4) is 0 Å². The van der Waals surface area contributed by atoms with E-state index in [2.05, 4.69) is 57.0 Å². The molecule has 1 heterocycles. The van der Waals surface area contributed by atoms with Crippen LogP contribution in [0, 0.1) is 5.92 Å². The zero-order chi connectivity index (χ0) is 11.0. The van der Waals surface area contributed by atoms with Gasteiger partial charge in [-0.2, -0.15) is 0 Å². The summed E-state index contributed by atoms with van der Waals surface area (Å²) in [6, 6.07) is 0.448. The lowest BCUT2D eigenvalue weighted by Crippen LogP contribution is -2.29. The third-order valence-corrected chi connectivity index (χ3v) is 3.02. The minimum Gasteiger partial charge on any atom is -0.491 e. The molecule has 2 unspecified atom stereocenters. The molecule has 0 spiro atoms. The zero-order valence-corrected chi connectivity index (χ0v) is 9.90. The highest BCUT2D eigenvalue weighted by Crippen LogP contribution is 2.31. The smallest absolute Gasteiger partial charge is 0.117 e. The normalized spacial score (nSPS) is 29.0. The predicted octanol–water partition coefficient (Wildman–Crippen LogP) is 2.70. The van der Waals surface area contributed by atoms with Crippen molar-refractivity contribution in [1.29, 1.82) is 0 Å². The van der Waals surface area contributed by atoms with Crippen molar-refractivity contribution in [2.45, 2.75) is 32.9 Å². The lowest BCUT2D eigenvalue weighted by Gasteiger charge is -2.27. The Hall–Kier alpha value is -1.18. The van der Waals surface area contributed by atoms with Crippen LogP contribution >= 0.6 is 0 Å². The molecule has 2 aliphatic rings. The number of likely N-dealkylation sites (N-methyl/N-ethyl adjacent to an activating group) is 1. The molecule has 2 rings (SSSR count). The fourth-order valence-electron chi connectivity index (χ4n) is 2.16. The molecule has 0 N–H and O–H groups in total. The van der Waals surface area contributed by atoms with E-state index in [0.717, 1.165) is 5.76 Å². The molecule has 0 aromatic carbocycles. The summed E-state index contributed by atoms with van der Waals surface area (Å²) in [7, 11) is 2.14. The number of allylic oxidation sites excluding steroid dienone is 2. The highest BCUT2D eigenvalue weighted by Gasteiger charge is 2.29. The molecule has 0 aromatic heterocycles. The van der Waals surface area contributed by atoms with E-state index < -0.39 is 0 Å². The van der Waals surface area contributed by atoms with Crippen LogP contribution in [0.4, 0.5) is 0 Å². The van der Waals surface area contributed by atoms with E-state index >= 15 is 0 Å². The second-order valence-corrected chi connectivity index (χ2v) is 4.58. The summed E-state index contributed by atoms with van der Waals surface area (Å²) in [6.07, 6.45) is 9.10. The van der Waals surface area contributed by atoms with E-state index in [9.17, 15) is 0 Å². The second-order valence-electron chi connectivity index (χ2n) is 4.58. The summed E-state index contributed by atoms with van der Waals surface area (Å²) < 4.78 is 5.71. The van der Waals surface area contributed by atoms with Crippen molar-refractivity contribution >= 4 is 0 Å². The van der Waals surface area contributed by atoms with Gasteiger partial charge in [-0.3, -0.25) is 0 Å². The van der Waals surface area contributed by atoms with E-state index in [-0.39, 0.29) is 6.10 Å². The van der Waals surface area contributed by atoms with Crippen molar-refractivity contribution in [2.75, 3.05) is 7.05 Å². The summed E-state index contributed by atoms with van der Waals surface area (Å²) in [5.41, 5.74) is 1.34. The molecule has 0 amide bonds. The first-order valence-corrected chi connectivity index (χ1v) is 5.56. The fraction of sp³-hybridized carbons (Fsp3) is 0.538. The maximum absolute atomic E-state index is 5.71. The van der Waals surface area contributed by atoms with Crippen LogP contribution in [0.2, 0.25) is 0 Å². The van der Waals surface area contributed by atoms with Crippen LogP contribution in [0.25, 0.3) is 0 Å². The van der Waals surface area contributed by atoms with Gasteiger partial charge in [0.25, 0.3) is 0 Å². The fourth-order valence-corrected chi connectivity index (χ4v) is 2.16. The molecule has 0 radical (unpaired) electrons. The molecule has 1 aliphatic heterocycles. The number of rotatable bonds is 2. The second kappa shape index (κ2) is 3.76. The number of fused-ring (bicyclic) bond motifs is 1. The van der Waals surface area contributed by atoms with E-state index in [1.165, 1.54) is 5.70 Å². The number of nitrogens with zero attached hydrogens (tertiary/aromatic N) is 1. The molecular weight excluding hydrogens is 186 g/mol. The lowest BCUT2D eigenvalue weighted by molar-refractivity contribution is 0.152. The maximum atomic E-state index is 5.71. The molecule has 0 saturated carbocycles. The van der Waals surface area contributed by atoms with Crippen molar-refractivity contribution in [2.24, 2.45) is 5.92 Å². The van der Waals surface area contributed by atoms with E-state index in [4.69, 9.17) is 4.74 Å². The first-order chi connectivity index (χ1) is 7.08. The van der Waals surface area contributed by atoms with Crippen LogP contribution in [0.3, 0.4) is 0 Å². The SMILES string of the molecule is CC1=CC2C=CC(OC(C)C)=CC2N1C. The van der Waals surface area contributed by atoms with E-state index in [0.29, 0.717) is 12.0 Å². The van der Waals surface area contributed by atoms with Crippen LogP contribution < -0.4 is 0 Å². The van der Waals surface area contributed by atoms with E-state index in [1.807, 2.05) is 0 Å². The highest BCUT2D eigenvalue weighted by atomic mass is 16.5. The molecule has 15 heavy (non-hydrogen) atoms. The Morgan fingerprint density at radius 3 is 2.73 bits per heavy atom. The quantitative estimate of drug-likeness (QED) is 0.687. The van der Waals surface area contributed by atoms with Crippen LogP contribution in [0.5, 0.6) is 0 Å². The molecular formula is C13H19NO. The third kappa shape index (κ3) is 1.94. The molecule has 1 aliphatic carbocycles. The van der Waals surface area contributed by atoms with Crippen LogP contribution in [0.15, 0.2) is 35.8 Å². The first kappa shape index (κ1) is 10.3. The summed E-state index contributed by atoms with van der Waals surface area (Å²) in [5, 5.41) is 0. The monoisotopic (exact) mass is 205 g/mol.